The number of methoxy groups -OCH3 is 2. The molecule has 1 N–H and O–H groups in total. The van der Waals surface area contributed by atoms with Crippen molar-refractivity contribution in [2.75, 3.05) is 30.4 Å². The summed E-state index contributed by atoms with van der Waals surface area (Å²) in [6, 6.07) is 18.2. The Bertz CT molecular complexity index is 1550. The number of hydrogen-bond donors (Lipinski definition) is 1. The van der Waals surface area contributed by atoms with Crippen LogP contribution in [0.3, 0.4) is 0 Å². The minimum Gasteiger partial charge on any atom is -0.497 e. The Kier molecular flexibility index (Phi) is 6.53. The molecule has 1 aliphatic rings. The molecule has 11 heteroatoms. The average molecular weight is 521 g/mol. The van der Waals surface area contributed by atoms with Gasteiger partial charge in [0, 0.05) is 12.1 Å². The minimum atomic E-state index is -3.78. The highest BCUT2D eigenvalue weighted by Crippen LogP contribution is 2.34. The van der Waals surface area contributed by atoms with Gasteiger partial charge >= 0.3 is 6.01 Å². The van der Waals surface area contributed by atoms with Crippen LogP contribution in [0.25, 0.3) is 11.5 Å². The number of hydrogen-bond acceptors (Lipinski definition) is 8. The number of aryl methyl sites for hydroxylation is 1. The standard InChI is InChI=1S/C26H24N4O6S/c1-34-19-11-14-23(35-2)21(16-19)25-28-29-26(36-25)27-24(31)18-9-12-20(13-10-18)37(32,33)30-15-5-7-17-6-3-4-8-22(17)30/h3-4,6,8-14,16H,5,7,15H2,1-2H3,(H,27,29,31). The molecule has 2 heterocycles. The van der Waals surface area contributed by atoms with E-state index in [0.29, 0.717) is 29.3 Å². The van der Waals surface area contributed by atoms with Crippen LogP contribution in [0.15, 0.2) is 76.0 Å². The van der Waals surface area contributed by atoms with Gasteiger partial charge in [0.1, 0.15) is 11.5 Å². The van der Waals surface area contributed by atoms with E-state index in [2.05, 4.69) is 15.5 Å². The van der Waals surface area contributed by atoms with Crippen LogP contribution in [0.1, 0.15) is 22.3 Å². The number of carbonyl (C=O) groups is 1. The van der Waals surface area contributed by atoms with E-state index < -0.39 is 15.9 Å². The first kappa shape index (κ1) is 24.3. The fourth-order valence-corrected chi connectivity index (χ4v) is 5.73. The van der Waals surface area contributed by atoms with E-state index in [1.807, 2.05) is 24.3 Å². The number of nitrogens with zero attached hydrogens (tertiary/aromatic N) is 3. The quantitative estimate of drug-likeness (QED) is 0.386. The van der Waals surface area contributed by atoms with Crippen LogP contribution in [-0.2, 0) is 16.4 Å². The number of fused-ring (bicyclic) bond motifs is 1. The predicted molar refractivity (Wildman–Crippen MR) is 137 cm³/mol. The van der Waals surface area contributed by atoms with Gasteiger partial charge in [-0.05, 0) is 66.9 Å². The number of anilines is 2. The largest absolute Gasteiger partial charge is 0.497 e. The molecule has 37 heavy (non-hydrogen) atoms. The van der Waals surface area contributed by atoms with Gasteiger partial charge < -0.3 is 13.9 Å². The zero-order valence-corrected chi connectivity index (χ0v) is 21.0. The second-order valence-electron chi connectivity index (χ2n) is 8.27. The van der Waals surface area contributed by atoms with Crippen molar-refractivity contribution < 1.29 is 27.1 Å². The SMILES string of the molecule is COc1ccc(OC)c(-c2nnc(NC(=O)c3ccc(S(=O)(=O)N4CCCc5ccccc54)cc3)o2)c1. The normalized spacial score (nSPS) is 13.1. The highest BCUT2D eigenvalue weighted by atomic mass is 32.2. The monoisotopic (exact) mass is 520 g/mol. The third-order valence-corrected chi connectivity index (χ3v) is 7.88. The second kappa shape index (κ2) is 9.94. The van der Waals surface area contributed by atoms with Gasteiger partial charge in [0.25, 0.3) is 21.8 Å². The number of para-hydroxylation sites is 1. The van der Waals surface area contributed by atoms with Crippen LogP contribution in [0.5, 0.6) is 11.5 Å². The van der Waals surface area contributed by atoms with Crippen LogP contribution in [0.2, 0.25) is 0 Å². The Morgan fingerprint density at radius 3 is 2.54 bits per heavy atom. The van der Waals surface area contributed by atoms with E-state index in [1.165, 1.54) is 42.8 Å². The molecule has 3 aromatic carbocycles. The second-order valence-corrected chi connectivity index (χ2v) is 10.1. The van der Waals surface area contributed by atoms with Crippen LogP contribution >= 0.6 is 0 Å². The molecule has 0 atom stereocenters. The molecular formula is C26H24N4O6S. The number of ether oxygens (including phenoxy) is 2. The summed E-state index contributed by atoms with van der Waals surface area (Å²) >= 11 is 0. The Morgan fingerprint density at radius 2 is 1.78 bits per heavy atom. The minimum absolute atomic E-state index is 0.103. The lowest BCUT2D eigenvalue weighted by Crippen LogP contribution is -2.35. The Balaban J connectivity index is 1.33. The van der Waals surface area contributed by atoms with Crippen molar-refractivity contribution in [1.82, 2.24) is 10.2 Å². The highest BCUT2D eigenvalue weighted by molar-refractivity contribution is 7.92. The van der Waals surface area contributed by atoms with Crippen molar-refractivity contribution in [3.05, 3.63) is 77.9 Å². The van der Waals surface area contributed by atoms with E-state index in [0.717, 1.165) is 18.4 Å². The number of nitrogens with one attached hydrogen (secondary N) is 1. The first-order chi connectivity index (χ1) is 17.9. The van der Waals surface area contributed by atoms with E-state index >= 15 is 0 Å². The lowest BCUT2D eigenvalue weighted by atomic mass is 10.0. The lowest BCUT2D eigenvalue weighted by Gasteiger charge is -2.30. The maximum absolute atomic E-state index is 13.3. The van der Waals surface area contributed by atoms with Crippen LogP contribution in [0, 0.1) is 0 Å². The molecule has 0 radical (unpaired) electrons. The van der Waals surface area contributed by atoms with Crippen molar-refractivity contribution in [2.45, 2.75) is 17.7 Å². The van der Waals surface area contributed by atoms with E-state index in [9.17, 15) is 13.2 Å². The van der Waals surface area contributed by atoms with Gasteiger partial charge in [0.15, 0.2) is 0 Å². The number of benzene rings is 3. The molecular weight excluding hydrogens is 496 g/mol. The Morgan fingerprint density at radius 1 is 1.00 bits per heavy atom. The van der Waals surface area contributed by atoms with Crippen molar-refractivity contribution in [2.24, 2.45) is 0 Å². The smallest absolute Gasteiger partial charge is 0.322 e. The molecule has 0 saturated heterocycles. The number of rotatable bonds is 7. The fraction of sp³-hybridized carbons (Fsp3) is 0.192. The number of carbonyl (C=O) groups excluding carboxylic acids is 1. The first-order valence-corrected chi connectivity index (χ1v) is 12.9. The van der Waals surface area contributed by atoms with Gasteiger partial charge in [-0.2, -0.15) is 0 Å². The summed E-state index contributed by atoms with van der Waals surface area (Å²) in [6.45, 7) is 0.402. The van der Waals surface area contributed by atoms with Crippen LogP contribution in [-0.4, -0.2) is 45.3 Å². The summed E-state index contributed by atoms with van der Waals surface area (Å²) in [5.41, 5.74) is 2.43. The zero-order chi connectivity index (χ0) is 26.0. The molecule has 190 valence electrons. The molecule has 0 unspecified atom stereocenters. The van der Waals surface area contributed by atoms with Crippen molar-refractivity contribution in [1.29, 1.82) is 0 Å². The zero-order valence-electron chi connectivity index (χ0n) is 20.2. The lowest BCUT2D eigenvalue weighted by molar-refractivity contribution is 0.102. The molecule has 10 nitrogen and oxygen atoms in total. The summed E-state index contributed by atoms with van der Waals surface area (Å²) in [4.78, 5) is 12.9. The van der Waals surface area contributed by atoms with Gasteiger partial charge in [-0.3, -0.25) is 14.4 Å². The van der Waals surface area contributed by atoms with Crippen molar-refractivity contribution in [3.8, 4) is 23.0 Å². The summed E-state index contributed by atoms with van der Waals surface area (Å²) in [5, 5.41) is 10.4. The number of amides is 1. The molecule has 0 aliphatic carbocycles. The average Bonchev–Trinajstić information content (AvgIpc) is 3.40. The predicted octanol–water partition coefficient (Wildman–Crippen LogP) is 4.15. The fourth-order valence-electron chi connectivity index (χ4n) is 4.19. The van der Waals surface area contributed by atoms with Crippen molar-refractivity contribution >= 4 is 27.6 Å². The number of aromatic nitrogens is 2. The Hall–Kier alpha value is -4.38. The molecule has 0 spiro atoms. The molecule has 5 rings (SSSR count). The van der Waals surface area contributed by atoms with Crippen molar-refractivity contribution in [3.63, 3.8) is 0 Å². The van der Waals surface area contributed by atoms with Gasteiger partial charge in [0.05, 0.1) is 30.4 Å². The van der Waals surface area contributed by atoms with Gasteiger partial charge in [-0.1, -0.05) is 23.3 Å². The molecule has 4 aromatic rings. The third kappa shape index (κ3) is 4.73. The van der Waals surface area contributed by atoms with Gasteiger partial charge in [0.2, 0.25) is 0 Å². The molecule has 1 aliphatic heterocycles. The Labute approximate surface area is 213 Å². The molecule has 1 amide bonds. The topological polar surface area (TPSA) is 124 Å². The first-order valence-electron chi connectivity index (χ1n) is 11.5. The number of sulfonamides is 1. The molecule has 0 saturated carbocycles. The summed E-state index contributed by atoms with van der Waals surface area (Å²) in [7, 11) is -0.731. The molecule has 0 fully saturated rings. The third-order valence-electron chi connectivity index (χ3n) is 6.05. The molecule has 0 bridgehead atoms. The van der Waals surface area contributed by atoms with Gasteiger partial charge in [-0.25, -0.2) is 8.42 Å². The highest BCUT2D eigenvalue weighted by Gasteiger charge is 2.29. The van der Waals surface area contributed by atoms with E-state index in [1.54, 1.807) is 18.2 Å². The van der Waals surface area contributed by atoms with Crippen LogP contribution in [0.4, 0.5) is 11.7 Å². The van der Waals surface area contributed by atoms with E-state index in [4.69, 9.17) is 13.9 Å². The molecule has 1 aromatic heterocycles. The van der Waals surface area contributed by atoms with Crippen LogP contribution < -0.4 is 19.1 Å². The summed E-state index contributed by atoms with van der Waals surface area (Å²) in [5.74, 6) is 0.674. The maximum atomic E-state index is 13.3. The summed E-state index contributed by atoms with van der Waals surface area (Å²) in [6.07, 6.45) is 1.58. The summed E-state index contributed by atoms with van der Waals surface area (Å²) < 4.78 is 44.3. The van der Waals surface area contributed by atoms with E-state index in [-0.39, 0.29) is 22.4 Å². The maximum Gasteiger partial charge on any atom is 0.322 e. The van der Waals surface area contributed by atoms with Gasteiger partial charge in [-0.15, -0.1) is 5.10 Å².